The van der Waals surface area contributed by atoms with E-state index in [1.54, 1.807) is 12.1 Å². The molecule has 144 valence electrons. The van der Waals surface area contributed by atoms with Crippen LogP contribution in [-0.4, -0.2) is 61.6 Å². The van der Waals surface area contributed by atoms with E-state index in [9.17, 15) is 22.8 Å². The van der Waals surface area contributed by atoms with Gasteiger partial charge in [-0.05, 0) is 30.7 Å². The molecule has 9 nitrogen and oxygen atoms in total. The average Bonchev–Trinajstić information content (AvgIpc) is 3.01. The Morgan fingerprint density at radius 3 is 2.52 bits per heavy atom. The quantitative estimate of drug-likeness (QED) is 0.747. The highest BCUT2D eigenvalue weighted by Crippen LogP contribution is 2.22. The fourth-order valence-corrected chi connectivity index (χ4v) is 4.69. The number of anilines is 1. The first-order chi connectivity index (χ1) is 12.8. The molecule has 0 bridgehead atoms. The van der Waals surface area contributed by atoms with Gasteiger partial charge in [0.2, 0.25) is 5.91 Å². The number of rotatable bonds is 4. The number of hydrazone groups is 1. The summed E-state index contributed by atoms with van der Waals surface area (Å²) in [5, 5.41) is 7.92. The first kappa shape index (κ1) is 19.0. The third-order valence-corrected chi connectivity index (χ3v) is 6.19. The largest absolute Gasteiger partial charge is 0.465 e. The van der Waals surface area contributed by atoms with Gasteiger partial charge < -0.3 is 10.1 Å². The van der Waals surface area contributed by atoms with Crippen LogP contribution in [0.2, 0.25) is 0 Å². The lowest BCUT2D eigenvalue weighted by Crippen LogP contribution is -2.42. The van der Waals surface area contributed by atoms with Crippen LogP contribution < -0.4 is 5.32 Å². The molecule has 0 spiro atoms. The summed E-state index contributed by atoms with van der Waals surface area (Å²) in [4.78, 5) is 36.0. The molecule has 0 aliphatic carbocycles. The van der Waals surface area contributed by atoms with Crippen LogP contribution >= 0.6 is 0 Å². The van der Waals surface area contributed by atoms with Crippen LogP contribution in [0.25, 0.3) is 0 Å². The van der Waals surface area contributed by atoms with Crippen LogP contribution in [0.15, 0.2) is 29.4 Å². The Kier molecular flexibility index (Phi) is 5.26. The summed E-state index contributed by atoms with van der Waals surface area (Å²) >= 11 is 0. The molecule has 0 aromatic heterocycles. The lowest BCUT2D eigenvalue weighted by atomic mass is 10.1. The maximum Gasteiger partial charge on any atom is 0.337 e. The number of hydrogen-bond donors (Lipinski definition) is 1. The van der Waals surface area contributed by atoms with E-state index in [0.29, 0.717) is 17.7 Å². The summed E-state index contributed by atoms with van der Waals surface area (Å²) in [6.07, 6.45) is 0.604. The lowest BCUT2D eigenvalue weighted by Gasteiger charge is -2.27. The average molecular weight is 393 g/mol. The molecule has 2 aliphatic heterocycles. The predicted molar refractivity (Wildman–Crippen MR) is 97.0 cm³/mol. The maximum absolute atomic E-state index is 12.4. The number of sulfone groups is 1. The molecule has 2 heterocycles. The first-order valence-corrected chi connectivity index (χ1v) is 10.2. The highest BCUT2D eigenvalue weighted by Gasteiger charge is 2.37. The lowest BCUT2D eigenvalue weighted by molar-refractivity contribution is -0.133. The third-order valence-electron chi connectivity index (χ3n) is 4.44. The zero-order chi connectivity index (χ0) is 19.6. The van der Waals surface area contributed by atoms with Gasteiger partial charge in [0, 0.05) is 18.5 Å². The highest BCUT2D eigenvalue weighted by molar-refractivity contribution is 7.91. The van der Waals surface area contributed by atoms with Crippen molar-refractivity contribution in [2.75, 3.05) is 23.9 Å². The molecule has 2 amide bonds. The van der Waals surface area contributed by atoms with Crippen molar-refractivity contribution in [3.8, 4) is 0 Å². The summed E-state index contributed by atoms with van der Waals surface area (Å²) < 4.78 is 27.9. The van der Waals surface area contributed by atoms with Crippen LogP contribution in [0.1, 0.15) is 29.6 Å². The van der Waals surface area contributed by atoms with E-state index in [1.165, 1.54) is 19.2 Å². The summed E-state index contributed by atoms with van der Waals surface area (Å²) in [6.45, 7) is 0. The summed E-state index contributed by atoms with van der Waals surface area (Å²) in [5.74, 6) is -1.35. The number of nitrogens with one attached hydrogen (secondary N) is 1. The van der Waals surface area contributed by atoms with Crippen molar-refractivity contribution in [1.82, 2.24) is 5.01 Å². The first-order valence-electron chi connectivity index (χ1n) is 8.39. The SMILES string of the molecule is COC(=O)c1ccc(NC(=O)C2=NN(C3CCS(=O)(=O)C3)C(=O)CC2)cc1. The van der Waals surface area contributed by atoms with E-state index >= 15 is 0 Å². The molecule has 2 aliphatic rings. The molecule has 1 aromatic rings. The normalized spacial score (nSPS) is 21.5. The molecule has 3 rings (SSSR count). The van der Waals surface area contributed by atoms with Crippen molar-refractivity contribution >= 4 is 39.0 Å². The van der Waals surface area contributed by atoms with Gasteiger partial charge in [0.05, 0.1) is 30.2 Å². The Bertz CT molecular complexity index is 907. The van der Waals surface area contributed by atoms with Gasteiger partial charge >= 0.3 is 5.97 Å². The van der Waals surface area contributed by atoms with Crippen LogP contribution in [0.3, 0.4) is 0 Å². The smallest absolute Gasteiger partial charge is 0.337 e. The van der Waals surface area contributed by atoms with Crippen LogP contribution in [-0.2, 0) is 24.2 Å². The van der Waals surface area contributed by atoms with Crippen LogP contribution in [0, 0.1) is 0 Å². The van der Waals surface area contributed by atoms with Crippen molar-refractivity contribution in [2.24, 2.45) is 5.10 Å². The molecule has 1 fully saturated rings. The molecule has 1 N–H and O–H groups in total. The van der Waals surface area contributed by atoms with Crippen LogP contribution in [0.5, 0.6) is 0 Å². The molecule has 0 radical (unpaired) electrons. The number of methoxy groups -OCH3 is 1. The second-order valence-electron chi connectivity index (χ2n) is 6.36. The van der Waals surface area contributed by atoms with E-state index in [-0.39, 0.29) is 36.0 Å². The van der Waals surface area contributed by atoms with E-state index in [1.807, 2.05) is 0 Å². The Balaban J connectivity index is 1.71. The van der Waals surface area contributed by atoms with Gasteiger partial charge in [0.25, 0.3) is 5.91 Å². The molecule has 1 unspecified atom stereocenters. The number of nitrogens with zero attached hydrogens (tertiary/aromatic N) is 2. The van der Waals surface area contributed by atoms with Gasteiger partial charge in [0.15, 0.2) is 9.84 Å². The number of esters is 1. The van der Waals surface area contributed by atoms with Crippen molar-refractivity contribution in [3.63, 3.8) is 0 Å². The molecule has 27 heavy (non-hydrogen) atoms. The zero-order valence-corrected chi connectivity index (χ0v) is 15.5. The summed E-state index contributed by atoms with van der Waals surface area (Å²) in [7, 11) is -1.89. The zero-order valence-electron chi connectivity index (χ0n) is 14.7. The van der Waals surface area contributed by atoms with Gasteiger partial charge in [0.1, 0.15) is 5.71 Å². The van der Waals surface area contributed by atoms with E-state index in [0.717, 1.165) is 5.01 Å². The molecule has 10 heteroatoms. The van der Waals surface area contributed by atoms with Crippen molar-refractivity contribution in [2.45, 2.75) is 25.3 Å². The number of benzene rings is 1. The van der Waals surface area contributed by atoms with Crippen molar-refractivity contribution in [1.29, 1.82) is 0 Å². The fraction of sp³-hybridized carbons (Fsp3) is 0.412. The standard InChI is InChI=1S/C17H19N3O6S/c1-26-17(23)11-2-4-12(5-3-11)18-16(22)14-6-7-15(21)20(19-14)13-8-9-27(24,25)10-13/h2-5,13H,6-10H2,1H3,(H,18,22). The minimum atomic E-state index is -3.17. The predicted octanol–water partition coefficient (Wildman–Crippen LogP) is 0.577. The van der Waals surface area contributed by atoms with E-state index in [4.69, 9.17) is 0 Å². The van der Waals surface area contributed by atoms with Gasteiger partial charge in [-0.1, -0.05) is 0 Å². The second kappa shape index (κ2) is 7.47. The molecule has 1 atom stereocenters. The Labute approximate surface area is 156 Å². The Hall–Kier alpha value is -2.75. The van der Waals surface area contributed by atoms with Gasteiger partial charge in [-0.25, -0.2) is 18.2 Å². The molecular formula is C17H19N3O6S. The minimum Gasteiger partial charge on any atom is -0.465 e. The minimum absolute atomic E-state index is 0.0189. The molecular weight excluding hydrogens is 374 g/mol. The monoisotopic (exact) mass is 393 g/mol. The highest BCUT2D eigenvalue weighted by atomic mass is 32.2. The summed E-state index contributed by atoms with van der Waals surface area (Å²) in [6, 6.07) is 5.62. The third kappa shape index (κ3) is 4.33. The molecule has 1 saturated heterocycles. The number of amides is 2. The molecule has 1 aromatic carbocycles. The van der Waals surface area contributed by atoms with Crippen molar-refractivity contribution in [3.05, 3.63) is 29.8 Å². The summed E-state index contributed by atoms with van der Waals surface area (Å²) in [5.41, 5.74) is 0.975. The van der Waals surface area contributed by atoms with Crippen molar-refractivity contribution < 1.29 is 27.5 Å². The van der Waals surface area contributed by atoms with E-state index < -0.39 is 27.8 Å². The number of hydrogen-bond acceptors (Lipinski definition) is 7. The Morgan fingerprint density at radius 1 is 1.22 bits per heavy atom. The second-order valence-corrected chi connectivity index (χ2v) is 8.59. The van der Waals surface area contributed by atoms with Crippen LogP contribution in [0.4, 0.5) is 5.69 Å². The van der Waals surface area contributed by atoms with Gasteiger partial charge in [-0.3, -0.25) is 9.59 Å². The topological polar surface area (TPSA) is 122 Å². The Morgan fingerprint density at radius 2 is 1.93 bits per heavy atom. The molecule has 0 saturated carbocycles. The number of carbonyl (C=O) groups is 3. The van der Waals surface area contributed by atoms with Gasteiger partial charge in [-0.15, -0.1) is 0 Å². The maximum atomic E-state index is 12.4. The van der Waals surface area contributed by atoms with Gasteiger partial charge in [-0.2, -0.15) is 5.10 Å². The number of ether oxygens (including phenoxy) is 1. The number of carbonyl (C=O) groups excluding carboxylic acids is 3. The fourth-order valence-electron chi connectivity index (χ4n) is 3.00. The van der Waals surface area contributed by atoms with E-state index in [2.05, 4.69) is 15.2 Å².